The second-order valence-electron chi connectivity index (χ2n) is 6.93. The van der Waals surface area contributed by atoms with Crippen LogP contribution in [-0.2, 0) is 9.47 Å². The van der Waals surface area contributed by atoms with Crippen molar-refractivity contribution in [2.24, 2.45) is 0 Å². The third kappa shape index (κ3) is 3.10. The fourth-order valence-corrected chi connectivity index (χ4v) is 3.73. The van der Waals surface area contributed by atoms with Crippen molar-refractivity contribution in [2.45, 2.75) is 32.1 Å². The highest BCUT2D eigenvalue weighted by Crippen LogP contribution is 2.43. The first-order valence-electron chi connectivity index (χ1n) is 9.20. The first-order chi connectivity index (χ1) is 13.1. The molecule has 1 aliphatic heterocycles. The first-order valence-corrected chi connectivity index (χ1v) is 9.20. The van der Waals surface area contributed by atoms with E-state index < -0.39 is 12.2 Å². The minimum atomic E-state index is -0.726. The number of methoxy groups -OCH3 is 1. The van der Waals surface area contributed by atoms with E-state index in [1.165, 1.54) is 0 Å². The molecule has 1 unspecified atom stereocenters. The zero-order valence-corrected chi connectivity index (χ0v) is 15.8. The number of rotatable bonds is 5. The lowest BCUT2D eigenvalue weighted by molar-refractivity contribution is -0.0633. The van der Waals surface area contributed by atoms with Gasteiger partial charge in [-0.25, -0.2) is 4.98 Å². The number of hydrogen-bond acceptors (Lipinski definition) is 5. The van der Waals surface area contributed by atoms with Gasteiger partial charge in [-0.15, -0.1) is 0 Å². The smallest absolute Gasteiger partial charge is 0.161 e. The lowest BCUT2D eigenvalue weighted by Gasteiger charge is -2.38. The summed E-state index contributed by atoms with van der Waals surface area (Å²) in [7, 11) is 1.64. The van der Waals surface area contributed by atoms with Gasteiger partial charge in [-0.3, -0.25) is 0 Å². The normalized spacial score (nSPS) is 21.9. The van der Waals surface area contributed by atoms with Crippen LogP contribution in [0.25, 0.3) is 5.65 Å². The molecule has 6 nitrogen and oxygen atoms in total. The molecule has 0 amide bonds. The number of imidazole rings is 1. The Hall–Kier alpha value is -2.41. The molecule has 2 N–H and O–H groups in total. The fraction of sp³-hybridized carbons (Fsp3) is 0.381. The second-order valence-corrected chi connectivity index (χ2v) is 6.93. The Bertz CT molecular complexity index is 939. The van der Waals surface area contributed by atoms with E-state index in [9.17, 15) is 5.11 Å². The molecule has 142 valence electrons. The zero-order valence-electron chi connectivity index (χ0n) is 15.8. The molecular formula is C21H25N3O3. The molecule has 3 atom stereocenters. The number of hydrogen-bond donors (Lipinski definition) is 2. The Labute approximate surface area is 158 Å². The van der Waals surface area contributed by atoms with Gasteiger partial charge in [0.2, 0.25) is 0 Å². The van der Waals surface area contributed by atoms with Gasteiger partial charge < -0.3 is 24.3 Å². The average molecular weight is 367 g/mol. The Morgan fingerprint density at radius 1 is 1.15 bits per heavy atom. The summed E-state index contributed by atoms with van der Waals surface area (Å²) in [5, 5.41) is 14.6. The van der Waals surface area contributed by atoms with Crippen LogP contribution < -0.4 is 5.32 Å². The van der Waals surface area contributed by atoms with Gasteiger partial charge in [0, 0.05) is 24.6 Å². The van der Waals surface area contributed by atoms with Crippen molar-refractivity contribution >= 4 is 11.3 Å². The van der Waals surface area contributed by atoms with Crippen LogP contribution in [0.1, 0.15) is 34.7 Å². The molecule has 3 heterocycles. The number of benzene rings is 1. The number of nitrogens with one attached hydrogen (secondary N) is 1. The van der Waals surface area contributed by atoms with Crippen LogP contribution in [0.4, 0.5) is 5.69 Å². The van der Waals surface area contributed by atoms with Gasteiger partial charge in [-0.05, 0) is 25.5 Å². The number of ether oxygens (including phenoxy) is 2. The Morgan fingerprint density at radius 3 is 2.67 bits per heavy atom. The molecule has 3 aromatic rings. The van der Waals surface area contributed by atoms with E-state index in [1.54, 1.807) is 7.11 Å². The molecule has 0 saturated carbocycles. The SMILES string of the molecule is COCCOC1c2ccn3c(C)c(C)nc3c2N[C@H](c2ccccc2)[C@H]1O. The highest BCUT2D eigenvalue weighted by molar-refractivity contribution is 5.75. The standard InChI is InChI=1S/C21H25N3O3/c1-13-14(2)24-10-9-16-18(21(24)22-13)23-17(15-7-5-4-6-8-15)19(25)20(16)27-12-11-26-3/h4-10,17,19-20,23,25H,11-12H2,1-3H3/t17-,19-,20?/m1/s1. The van der Waals surface area contributed by atoms with Crippen LogP contribution in [0.15, 0.2) is 42.6 Å². The van der Waals surface area contributed by atoms with Gasteiger partial charge in [0.05, 0.1) is 30.6 Å². The number of fused-ring (bicyclic) bond motifs is 3. The van der Waals surface area contributed by atoms with Gasteiger partial charge in [0.1, 0.15) is 12.2 Å². The minimum Gasteiger partial charge on any atom is -0.388 e. The first kappa shape index (κ1) is 18.0. The van der Waals surface area contributed by atoms with Gasteiger partial charge >= 0.3 is 0 Å². The number of aryl methyl sites for hydroxylation is 2. The topological polar surface area (TPSA) is 68.0 Å². The largest absolute Gasteiger partial charge is 0.388 e. The molecule has 0 aliphatic carbocycles. The van der Waals surface area contributed by atoms with Crippen molar-refractivity contribution in [3.05, 3.63) is 65.1 Å². The molecule has 1 aliphatic rings. The number of anilines is 1. The summed E-state index contributed by atoms with van der Waals surface area (Å²) >= 11 is 0. The molecule has 0 spiro atoms. The summed E-state index contributed by atoms with van der Waals surface area (Å²) in [5.74, 6) is 0. The number of nitrogens with zero attached hydrogens (tertiary/aromatic N) is 2. The third-order valence-corrected chi connectivity index (χ3v) is 5.30. The molecule has 6 heteroatoms. The number of aromatic nitrogens is 2. The van der Waals surface area contributed by atoms with E-state index in [0.717, 1.165) is 33.8 Å². The summed E-state index contributed by atoms with van der Waals surface area (Å²) < 4.78 is 13.2. The predicted molar refractivity (Wildman–Crippen MR) is 104 cm³/mol. The van der Waals surface area contributed by atoms with E-state index in [-0.39, 0.29) is 6.04 Å². The van der Waals surface area contributed by atoms with Crippen molar-refractivity contribution in [1.29, 1.82) is 0 Å². The molecule has 2 aromatic heterocycles. The molecular weight excluding hydrogens is 342 g/mol. The molecule has 1 aromatic carbocycles. The number of aliphatic hydroxyl groups excluding tert-OH is 1. The van der Waals surface area contributed by atoms with E-state index >= 15 is 0 Å². The maximum atomic E-state index is 11.1. The van der Waals surface area contributed by atoms with Gasteiger partial charge in [0.15, 0.2) is 5.65 Å². The fourth-order valence-electron chi connectivity index (χ4n) is 3.73. The van der Waals surface area contributed by atoms with Crippen LogP contribution in [0.5, 0.6) is 0 Å². The third-order valence-electron chi connectivity index (χ3n) is 5.30. The van der Waals surface area contributed by atoms with E-state index in [0.29, 0.717) is 13.2 Å². The molecule has 0 radical (unpaired) electrons. The van der Waals surface area contributed by atoms with Crippen LogP contribution in [0.2, 0.25) is 0 Å². The van der Waals surface area contributed by atoms with Crippen molar-refractivity contribution in [3.63, 3.8) is 0 Å². The second kappa shape index (κ2) is 7.31. The van der Waals surface area contributed by atoms with Gasteiger partial charge in [-0.2, -0.15) is 0 Å². The van der Waals surface area contributed by atoms with Crippen LogP contribution in [0, 0.1) is 13.8 Å². The predicted octanol–water partition coefficient (Wildman–Crippen LogP) is 3.18. The van der Waals surface area contributed by atoms with E-state index in [1.807, 2.05) is 49.5 Å². The molecule has 4 rings (SSSR count). The monoisotopic (exact) mass is 367 g/mol. The average Bonchev–Trinajstić information content (AvgIpc) is 2.98. The number of pyridine rings is 1. The van der Waals surface area contributed by atoms with Gasteiger partial charge in [0.25, 0.3) is 0 Å². The highest BCUT2D eigenvalue weighted by Gasteiger charge is 2.38. The summed E-state index contributed by atoms with van der Waals surface area (Å²) in [5.41, 5.74) is 5.80. The van der Waals surface area contributed by atoms with Crippen LogP contribution in [-0.4, -0.2) is 40.9 Å². The van der Waals surface area contributed by atoms with Crippen molar-refractivity contribution < 1.29 is 14.6 Å². The zero-order chi connectivity index (χ0) is 19.0. The summed E-state index contributed by atoms with van der Waals surface area (Å²) in [6.07, 6.45) is 0.813. The Kier molecular flexibility index (Phi) is 4.86. The van der Waals surface area contributed by atoms with Crippen LogP contribution >= 0.6 is 0 Å². The van der Waals surface area contributed by atoms with Crippen molar-refractivity contribution in [1.82, 2.24) is 9.38 Å². The molecule has 27 heavy (non-hydrogen) atoms. The quantitative estimate of drug-likeness (QED) is 0.678. The summed E-state index contributed by atoms with van der Waals surface area (Å²) in [4.78, 5) is 4.75. The highest BCUT2D eigenvalue weighted by atomic mass is 16.5. The minimum absolute atomic E-state index is 0.283. The summed E-state index contributed by atoms with van der Waals surface area (Å²) in [6, 6.07) is 11.7. The van der Waals surface area contributed by atoms with E-state index in [2.05, 4.69) is 16.6 Å². The molecule has 0 saturated heterocycles. The molecule has 0 bridgehead atoms. The van der Waals surface area contributed by atoms with Crippen molar-refractivity contribution in [2.75, 3.05) is 25.6 Å². The van der Waals surface area contributed by atoms with Crippen LogP contribution in [0.3, 0.4) is 0 Å². The Morgan fingerprint density at radius 2 is 1.93 bits per heavy atom. The van der Waals surface area contributed by atoms with E-state index in [4.69, 9.17) is 14.5 Å². The lowest BCUT2D eigenvalue weighted by atomic mass is 9.89. The Balaban J connectivity index is 1.82. The summed E-state index contributed by atoms with van der Waals surface area (Å²) in [6.45, 7) is 4.96. The maximum absolute atomic E-state index is 11.1. The van der Waals surface area contributed by atoms with Crippen molar-refractivity contribution in [3.8, 4) is 0 Å². The lowest BCUT2D eigenvalue weighted by Crippen LogP contribution is -2.38. The van der Waals surface area contributed by atoms with Gasteiger partial charge in [-0.1, -0.05) is 30.3 Å². The maximum Gasteiger partial charge on any atom is 0.161 e. The molecule has 0 fully saturated rings. The number of aliphatic hydroxyl groups is 1.